The standard InChI is InChI=1S/C18H23F3N2O3/c1-17(2,3)12-6-4-11(5-7-12)8-22-16(26)23-9-13(15(24)25)14(10-23)18(19,20)21/h4-7,13-14H,8-10H2,1-3H3,(H,22,26)(H,24,25)/t13-,14-/m1/s1. The van der Waals surface area contributed by atoms with E-state index in [1.54, 1.807) is 0 Å². The van der Waals surface area contributed by atoms with Gasteiger partial charge in [0, 0.05) is 19.6 Å². The Morgan fingerprint density at radius 3 is 2.15 bits per heavy atom. The maximum atomic E-state index is 13.0. The fraction of sp³-hybridized carbons (Fsp3) is 0.556. The van der Waals surface area contributed by atoms with Crippen molar-refractivity contribution in [3.63, 3.8) is 0 Å². The normalized spacial score (nSPS) is 20.9. The number of aliphatic carboxylic acids is 1. The van der Waals surface area contributed by atoms with E-state index in [0.29, 0.717) is 0 Å². The van der Waals surface area contributed by atoms with Crippen molar-refractivity contribution in [2.24, 2.45) is 11.8 Å². The highest BCUT2D eigenvalue weighted by atomic mass is 19.4. The second-order valence-corrected chi connectivity index (χ2v) is 7.60. The molecule has 144 valence electrons. The Morgan fingerprint density at radius 1 is 1.15 bits per heavy atom. The Bertz CT molecular complexity index is 666. The van der Waals surface area contributed by atoms with Gasteiger partial charge in [-0.15, -0.1) is 0 Å². The molecule has 1 fully saturated rings. The van der Waals surface area contributed by atoms with Crippen LogP contribution in [0.1, 0.15) is 31.9 Å². The maximum Gasteiger partial charge on any atom is 0.394 e. The molecule has 1 aliphatic rings. The molecular formula is C18H23F3N2O3. The number of hydrogen-bond acceptors (Lipinski definition) is 2. The number of benzene rings is 1. The molecule has 2 rings (SSSR count). The zero-order chi connectivity index (χ0) is 19.7. The van der Waals surface area contributed by atoms with Gasteiger partial charge in [0.1, 0.15) is 0 Å². The number of likely N-dealkylation sites (tertiary alicyclic amines) is 1. The SMILES string of the molecule is CC(C)(C)c1ccc(CNC(=O)N2C[C@@H](C(F)(F)F)[C@H](C(=O)O)C2)cc1. The van der Waals surface area contributed by atoms with E-state index in [-0.39, 0.29) is 12.0 Å². The van der Waals surface area contributed by atoms with E-state index in [1.807, 2.05) is 24.3 Å². The van der Waals surface area contributed by atoms with Crippen LogP contribution in [0.15, 0.2) is 24.3 Å². The lowest BCUT2D eigenvalue weighted by Gasteiger charge is -2.20. The zero-order valence-electron chi connectivity index (χ0n) is 14.9. The van der Waals surface area contributed by atoms with Crippen LogP contribution in [-0.4, -0.2) is 41.3 Å². The lowest BCUT2D eigenvalue weighted by atomic mass is 9.87. The largest absolute Gasteiger partial charge is 0.481 e. The van der Waals surface area contributed by atoms with E-state index in [1.165, 1.54) is 0 Å². The minimum Gasteiger partial charge on any atom is -0.481 e. The number of urea groups is 1. The fourth-order valence-electron chi connectivity index (χ4n) is 2.96. The minimum absolute atomic E-state index is 0.00419. The molecule has 1 saturated heterocycles. The first-order chi connectivity index (χ1) is 11.9. The molecule has 0 aromatic heterocycles. The van der Waals surface area contributed by atoms with Crippen molar-refractivity contribution in [3.8, 4) is 0 Å². The van der Waals surface area contributed by atoms with Crippen LogP contribution in [0, 0.1) is 11.8 Å². The second kappa shape index (κ2) is 7.17. The number of nitrogens with one attached hydrogen (secondary N) is 1. The number of carboxylic acid groups (broad SMARTS) is 1. The van der Waals surface area contributed by atoms with Gasteiger partial charge in [-0.2, -0.15) is 13.2 Å². The molecule has 2 N–H and O–H groups in total. The van der Waals surface area contributed by atoms with E-state index >= 15 is 0 Å². The molecule has 1 aromatic rings. The summed E-state index contributed by atoms with van der Waals surface area (Å²) in [7, 11) is 0. The molecule has 0 bridgehead atoms. The molecule has 5 nitrogen and oxygen atoms in total. The summed E-state index contributed by atoms with van der Waals surface area (Å²) >= 11 is 0. The minimum atomic E-state index is -4.65. The van der Waals surface area contributed by atoms with Crippen molar-refractivity contribution in [1.82, 2.24) is 10.2 Å². The van der Waals surface area contributed by atoms with Gasteiger partial charge in [-0.25, -0.2) is 4.79 Å². The molecule has 0 aliphatic carbocycles. The van der Waals surface area contributed by atoms with Crippen molar-refractivity contribution in [2.75, 3.05) is 13.1 Å². The third-order valence-corrected chi connectivity index (χ3v) is 4.61. The van der Waals surface area contributed by atoms with Crippen molar-refractivity contribution in [2.45, 2.75) is 38.9 Å². The summed E-state index contributed by atoms with van der Waals surface area (Å²) < 4.78 is 38.9. The molecule has 2 amide bonds. The molecule has 8 heteroatoms. The molecule has 2 atom stereocenters. The van der Waals surface area contributed by atoms with Crippen LogP contribution in [0.5, 0.6) is 0 Å². The molecule has 0 saturated carbocycles. The van der Waals surface area contributed by atoms with E-state index < -0.39 is 43.1 Å². The van der Waals surface area contributed by atoms with Crippen LogP contribution in [0.4, 0.5) is 18.0 Å². The average Bonchev–Trinajstić information content (AvgIpc) is 2.98. The lowest BCUT2D eigenvalue weighted by Crippen LogP contribution is -2.39. The topological polar surface area (TPSA) is 69.6 Å². The predicted molar refractivity (Wildman–Crippen MR) is 89.6 cm³/mol. The highest BCUT2D eigenvalue weighted by Gasteiger charge is 2.53. The van der Waals surface area contributed by atoms with E-state index in [0.717, 1.165) is 16.0 Å². The van der Waals surface area contributed by atoms with Crippen LogP contribution in [-0.2, 0) is 16.8 Å². The van der Waals surface area contributed by atoms with E-state index in [4.69, 9.17) is 5.11 Å². The van der Waals surface area contributed by atoms with Crippen molar-refractivity contribution >= 4 is 12.0 Å². The predicted octanol–water partition coefficient (Wildman–Crippen LogP) is 3.39. The maximum absolute atomic E-state index is 13.0. The summed E-state index contributed by atoms with van der Waals surface area (Å²) in [6, 6.07) is 6.89. The Kier molecular flexibility index (Phi) is 5.53. The van der Waals surface area contributed by atoms with E-state index in [9.17, 15) is 22.8 Å². The van der Waals surface area contributed by atoms with Crippen LogP contribution in [0.2, 0.25) is 0 Å². The van der Waals surface area contributed by atoms with Gasteiger partial charge < -0.3 is 15.3 Å². The first-order valence-electron chi connectivity index (χ1n) is 8.31. The van der Waals surface area contributed by atoms with E-state index in [2.05, 4.69) is 26.1 Å². The molecule has 1 heterocycles. The summed E-state index contributed by atoms with van der Waals surface area (Å²) in [6.45, 7) is 5.30. The van der Waals surface area contributed by atoms with Crippen LogP contribution in [0.25, 0.3) is 0 Å². The highest BCUT2D eigenvalue weighted by Crippen LogP contribution is 2.37. The van der Waals surface area contributed by atoms with Gasteiger partial charge >= 0.3 is 18.2 Å². The summed E-state index contributed by atoms with van der Waals surface area (Å²) in [4.78, 5) is 24.1. The van der Waals surface area contributed by atoms with Gasteiger partial charge in [0.2, 0.25) is 0 Å². The number of carbonyl (C=O) groups excluding carboxylic acids is 1. The number of carbonyl (C=O) groups is 2. The third-order valence-electron chi connectivity index (χ3n) is 4.61. The zero-order valence-corrected chi connectivity index (χ0v) is 14.9. The molecule has 1 aromatic carbocycles. The first kappa shape index (κ1) is 20.1. The van der Waals surface area contributed by atoms with Gasteiger partial charge in [-0.05, 0) is 16.5 Å². The molecular weight excluding hydrogens is 349 g/mol. The Morgan fingerprint density at radius 2 is 1.73 bits per heavy atom. The van der Waals surface area contributed by atoms with Gasteiger partial charge in [-0.3, -0.25) is 4.79 Å². The number of alkyl halides is 3. The van der Waals surface area contributed by atoms with Crippen LogP contribution in [0.3, 0.4) is 0 Å². The van der Waals surface area contributed by atoms with Gasteiger partial charge in [-0.1, -0.05) is 45.0 Å². The number of rotatable bonds is 3. The Hall–Kier alpha value is -2.25. The summed E-state index contributed by atoms with van der Waals surface area (Å²) in [5, 5.41) is 11.5. The quantitative estimate of drug-likeness (QED) is 0.855. The number of halogens is 3. The molecule has 26 heavy (non-hydrogen) atoms. The number of nitrogens with zero attached hydrogens (tertiary/aromatic N) is 1. The number of hydrogen-bond donors (Lipinski definition) is 2. The summed E-state index contributed by atoms with van der Waals surface area (Å²) in [5.74, 6) is -5.22. The third kappa shape index (κ3) is 4.68. The second-order valence-electron chi connectivity index (χ2n) is 7.60. The van der Waals surface area contributed by atoms with Crippen LogP contribution >= 0.6 is 0 Å². The summed E-state index contributed by atoms with van der Waals surface area (Å²) in [6.07, 6.45) is -4.65. The lowest BCUT2D eigenvalue weighted by molar-refractivity contribution is -0.187. The monoisotopic (exact) mass is 372 g/mol. The average molecular weight is 372 g/mol. The number of carboxylic acids is 1. The molecule has 0 unspecified atom stereocenters. The highest BCUT2D eigenvalue weighted by molar-refractivity contribution is 5.77. The van der Waals surface area contributed by atoms with Gasteiger partial charge in [0.25, 0.3) is 0 Å². The summed E-state index contributed by atoms with van der Waals surface area (Å²) in [5.41, 5.74) is 1.94. The Labute approximate surface area is 150 Å². The van der Waals surface area contributed by atoms with Crippen molar-refractivity contribution < 1.29 is 27.9 Å². The van der Waals surface area contributed by atoms with Gasteiger partial charge in [0.05, 0.1) is 11.8 Å². The molecule has 0 radical (unpaired) electrons. The fourth-order valence-corrected chi connectivity index (χ4v) is 2.96. The Balaban J connectivity index is 1.97. The van der Waals surface area contributed by atoms with Crippen molar-refractivity contribution in [3.05, 3.63) is 35.4 Å². The number of amides is 2. The first-order valence-corrected chi connectivity index (χ1v) is 8.31. The molecule has 1 aliphatic heterocycles. The van der Waals surface area contributed by atoms with Gasteiger partial charge in [0.15, 0.2) is 0 Å². The smallest absolute Gasteiger partial charge is 0.394 e. The molecule has 0 spiro atoms. The van der Waals surface area contributed by atoms with Crippen LogP contribution < -0.4 is 5.32 Å². The van der Waals surface area contributed by atoms with Crippen molar-refractivity contribution in [1.29, 1.82) is 0 Å².